The number of nitrogens with zero attached hydrogens (tertiary/aromatic N) is 4. The molecule has 0 saturated heterocycles. The van der Waals surface area contributed by atoms with Gasteiger partial charge in [-0.15, -0.1) is 9.81 Å². The Balaban J connectivity index is 2.98. The molecule has 6 heteroatoms. The van der Waals surface area contributed by atoms with E-state index in [0.717, 1.165) is 0 Å². The average Bonchev–Trinajstić information content (AvgIpc) is 2.32. The molecule has 0 bridgehead atoms. The minimum absolute atomic E-state index is 0.0150. The highest BCUT2D eigenvalue weighted by molar-refractivity contribution is 5.56. The first-order valence-corrected chi connectivity index (χ1v) is 5.86. The van der Waals surface area contributed by atoms with E-state index < -0.39 is 0 Å². The zero-order chi connectivity index (χ0) is 13.7. The quantitative estimate of drug-likeness (QED) is 0.572. The van der Waals surface area contributed by atoms with Gasteiger partial charge in [0.05, 0.1) is 34.0 Å². The second-order valence-corrected chi connectivity index (χ2v) is 4.56. The predicted octanol–water partition coefficient (Wildman–Crippen LogP) is 3.48. The minimum Gasteiger partial charge on any atom is -0.227 e. The summed E-state index contributed by atoms with van der Waals surface area (Å²) in [6.07, 6.45) is 0. The van der Waals surface area contributed by atoms with Crippen LogP contribution in [0.15, 0.2) is 34.8 Å². The van der Waals surface area contributed by atoms with Gasteiger partial charge >= 0.3 is 0 Å². The normalized spacial score (nSPS) is 10.6. The first kappa shape index (κ1) is 14.1. The van der Waals surface area contributed by atoms with Crippen molar-refractivity contribution in [3.63, 3.8) is 0 Å². The van der Waals surface area contributed by atoms with Gasteiger partial charge in [0.15, 0.2) is 0 Å². The van der Waals surface area contributed by atoms with Crippen molar-refractivity contribution >= 4 is 11.4 Å². The molecule has 1 aromatic carbocycles. The molecule has 0 heterocycles. The number of hydrogen-bond donors (Lipinski definition) is 0. The maximum Gasteiger partial charge on any atom is 0.0630 e. The molecule has 0 saturated carbocycles. The van der Waals surface area contributed by atoms with Crippen molar-refractivity contribution in [2.45, 2.75) is 39.8 Å². The van der Waals surface area contributed by atoms with Crippen molar-refractivity contribution in [3.05, 3.63) is 34.1 Å². The molecule has 0 aliphatic carbocycles. The molecule has 6 nitrogen and oxygen atoms in total. The summed E-state index contributed by atoms with van der Waals surface area (Å²) in [5.74, 6) is 0. The highest BCUT2D eigenvalue weighted by Gasteiger charge is 2.14. The average molecular weight is 250 g/mol. The molecule has 0 fully saturated rings. The lowest BCUT2D eigenvalue weighted by atomic mass is 10.2. The van der Waals surface area contributed by atoms with Crippen LogP contribution in [-0.4, -0.2) is 12.1 Å². The summed E-state index contributed by atoms with van der Waals surface area (Å²) in [4.78, 5) is 21.5. The minimum atomic E-state index is -0.0150. The van der Waals surface area contributed by atoms with Crippen molar-refractivity contribution < 1.29 is 0 Å². The van der Waals surface area contributed by atoms with E-state index in [1.54, 1.807) is 24.3 Å². The van der Waals surface area contributed by atoms with Gasteiger partial charge in [0, 0.05) is 0 Å². The van der Waals surface area contributed by atoms with Crippen LogP contribution in [0.25, 0.3) is 0 Å². The highest BCUT2D eigenvalue weighted by Crippen LogP contribution is 2.24. The third-order valence-electron chi connectivity index (χ3n) is 2.53. The smallest absolute Gasteiger partial charge is 0.0630 e. The van der Waals surface area contributed by atoms with Gasteiger partial charge in [0.25, 0.3) is 0 Å². The molecule has 0 spiro atoms. The van der Waals surface area contributed by atoms with Crippen LogP contribution in [0, 0.1) is 9.81 Å². The number of anilines is 2. The van der Waals surface area contributed by atoms with Crippen LogP contribution in [0.1, 0.15) is 27.7 Å². The number of benzene rings is 1. The first-order valence-electron chi connectivity index (χ1n) is 5.86. The van der Waals surface area contributed by atoms with Crippen molar-refractivity contribution in [1.29, 1.82) is 0 Å². The Morgan fingerprint density at radius 3 is 1.22 bits per heavy atom. The van der Waals surface area contributed by atoms with Crippen LogP contribution in [0.2, 0.25) is 0 Å². The molecule has 0 aliphatic rings. The lowest BCUT2D eigenvalue weighted by Crippen LogP contribution is -2.25. The fraction of sp³-hybridized carbons (Fsp3) is 0.500. The summed E-state index contributed by atoms with van der Waals surface area (Å²) in [6.45, 7) is 7.51. The van der Waals surface area contributed by atoms with E-state index >= 15 is 0 Å². The molecule has 0 unspecified atom stereocenters. The molecule has 1 rings (SSSR count). The summed E-state index contributed by atoms with van der Waals surface area (Å²) < 4.78 is 0. The van der Waals surface area contributed by atoms with Gasteiger partial charge in [-0.3, -0.25) is 0 Å². The fourth-order valence-electron chi connectivity index (χ4n) is 1.64. The summed E-state index contributed by atoms with van der Waals surface area (Å²) >= 11 is 0. The lowest BCUT2D eigenvalue weighted by Gasteiger charge is -2.22. The van der Waals surface area contributed by atoms with E-state index in [1.807, 2.05) is 27.7 Å². The fourth-order valence-corrected chi connectivity index (χ4v) is 1.64. The molecule has 1 aromatic rings. The molecule has 0 aromatic heterocycles. The van der Waals surface area contributed by atoms with Gasteiger partial charge < -0.3 is 0 Å². The Hall–Kier alpha value is -1.98. The van der Waals surface area contributed by atoms with E-state index in [4.69, 9.17) is 0 Å². The van der Waals surface area contributed by atoms with E-state index in [0.29, 0.717) is 11.4 Å². The Morgan fingerprint density at radius 2 is 1.06 bits per heavy atom. The van der Waals surface area contributed by atoms with Gasteiger partial charge in [-0.1, -0.05) is 0 Å². The van der Waals surface area contributed by atoms with Crippen LogP contribution in [0.5, 0.6) is 0 Å². The topological polar surface area (TPSA) is 65.3 Å². The molecule has 0 amide bonds. The van der Waals surface area contributed by atoms with Gasteiger partial charge in [-0.05, 0) is 52.0 Å². The molecule has 0 atom stereocenters. The molecule has 0 aliphatic heterocycles. The Morgan fingerprint density at radius 1 is 0.778 bits per heavy atom. The van der Waals surface area contributed by atoms with E-state index in [2.05, 4.69) is 10.6 Å². The molecular formula is C12H18N4O2. The van der Waals surface area contributed by atoms with Crippen molar-refractivity contribution in [1.82, 2.24) is 0 Å². The van der Waals surface area contributed by atoms with E-state index in [-0.39, 0.29) is 12.1 Å². The maximum atomic E-state index is 10.7. The highest BCUT2D eigenvalue weighted by atomic mass is 16.3. The van der Waals surface area contributed by atoms with Crippen LogP contribution in [0.3, 0.4) is 0 Å². The maximum absolute atomic E-state index is 10.7. The molecule has 18 heavy (non-hydrogen) atoms. The lowest BCUT2D eigenvalue weighted by molar-refractivity contribution is 0.703. The summed E-state index contributed by atoms with van der Waals surface area (Å²) in [5.41, 5.74) is 1.39. The number of hydrogen-bond acceptors (Lipinski definition) is 4. The number of nitroso groups, excluding NO2 is 2. The van der Waals surface area contributed by atoms with Crippen LogP contribution in [-0.2, 0) is 0 Å². The third-order valence-corrected chi connectivity index (χ3v) is 2.53. The Labute approximate surface area is 106 Å². The zero-order valence-electron chi connectivity index (χ0n) is 11.1. The van der Waals surface area contributed by atoms with Gasteiger partial charge in [0.1, 0.15) is 0 Å². The van der Waals surface area contributed by atoms with Crippen molar-refractivity contribution in [3.8, 4) is 0 Å². The van der Waals surface area contributed by atoms with Crippen LogP contribution in [0.4, 0.5) is 11.4 Å². The van der Waals surface area contributed by atoms with Gasteiger partial charge in [0.2, 0.25) is 0 Å². The summed E-state index contributed by atoms with van der Waals surface area (Å²) in [6, 6.07) is 6.96. The second-order valence-electron chi connectivity index (χ2n) is 4.56. The molecular weight excluding hydrogens is 232 g/mol. The SMILES string of the molecule is CC(C)N(N=O)c1ccc(N(N=O)C(C)C)cc1. The van der Waals surface area contributed by atoms with Crippen molar-refractivity contribution in [2.24, 2.45) is 10.6 Å². The largest absolute Gasteiger partial charge is 0.227 e. The molecule has 0 N–H and O–H groups in total. The molecule has 98 valence electrons. The Kier molecular flexibility index (Phi) is 4.76. The van der Waals surface area contributed by atoms with Crippen molar-refractivity contribution in [2.75, 3.05) is 10.0 Å². The monoisotopic (exact) mass is 250 g/mol. The van der Waals surface area contributed by atoms with Crippen LogP contribution < -0.4 is 10.0 Å². The Bertz CT molecular complexity index is 364. The third kappa shape index (κ3) is 3.03. The summed E-state index contributed by atoms with van der Waals surface area (Å²) in [5, 5.41) is 8.69. The second kappa shape index (κ2) is 6.09. The summed E-state index contributed by atoms with van der Waals surface area (Å²) in [7, 11) is 0. The predicted molar refractivity (Wildman–Crippen MR) is 73.3 cm³/mol. The van der Waals surface area contributed by atoms with E-state index in [9.17, 15) is 9.81 Å². The van der Waals surface area contributed by atoms with Gasteiger partial charge in [-0.25, -0.2) is 10.0 Å². The standard InChI is InChI=1S/C12H18N4O2/c1-9(2)15(13-17)11-5-7-12(8-6-11)16(14-18)10(3)4/h5-10H,1-4H3. The van der Waals surface area contributed by atoms with E-state index in [1.165, 1.54) is 10.0 Å². The zero-order valence-corrected chi connectivity index (χ0v) is 11.1. The van der Waals surface area contributed by atoms with Gasteiger partial charge in [-0.2, -0.15) is 0 Å². The molecule has 0 radical (unpaired) electrons. The number of rotatable bonds is 6. The first-order chi connectivity index (χ1) is 8.51. The van der Waals surface area contributed by atoms with Crippen LogP contribution >= 0.6 is 0 Å².